The fraction of sp³-hybridized carbons (Fsp3) is 0.800. The van der Waals surface area contributed by atoms with E-state index in [1.54, 1.807) is 6.08 Å². The van der Waals surface area contributed by atoms with E-state index in [0.717, 1.165) is 24.0 Å². The molecule has 0 aromatic carbocycles. The molecule has 0 amide bonds. The highest BCUT2D eigenvalue weighted by Crippen LogP contribution is 2.75. The molecule has 5 heteroatoms. The third-order valence-corrected chi connectivity index (χ3v) is 8.70. The molecule has 2 aliphatic heterocycles. The summed E-state index contributed by atoms with van der Waals surface area (Å²) in [6.45, 7) is 12.3. The predicted molar refractivity (Wildman–Crippen MR) is 115 cm³/mol. The second-order valence-corrected chi connectivity index (χ2v) is 10.7. The molecule has 1 unspecified atom stereocenters. The van der Waals surface area contributed by atoms with Crippen LogP contribution in [0.3, 0.4) is 0 Å². The molecule has 2 saturated carbocycles. The van der Waals surface area contributed by atoms with E-state index in [-0.39, 0.29) is 30.3 Å². The first kappa shape index (κ1) is 22.2. The van der Waals surface area contributed by atoms with Gasteiger partial charge >= 0.3 is 0 Å². The molecular formula is C25H38O5. The first-order chi connectivity index (χ1) is 14.1. The monoisotopic (exact) mass is 418 g/mol. The van der Waals surface area contributed by atoms with Crippen molar-refractivity contribution in [1.82, 2.24) is 0 Å². The van der Waals surface area contributed by atoms with Gasteiger partial charge in [0.05, 0.1) is 12.7 Å². The van der Waals surface area contributed by atoms with E-state index in [1.807, 2.05) is 13.8 Å². The van der Waals surface area contributed by atoms with Crippen molar-refractivity contribution in [3.63, 3.8) is 0 Å². The van der Waals surface area contributed by atoms with Crippen LogP contribution in [0.4, 0.5) is 0 Å². The lowest BCUT2D eigenvalue weighted by atomic mass is 9.57. The number of ketones is 1. The molecule has 168 valence electrons. The molecule has 4 rings (SSSR count). The zero-order valence-corrected chi connectivity index (χ0v) is 19.3. The van der Waals surface area contributed by atoms with E-state index in [9.17, 15) is 9.90 Å². The number of hydrogen-bond acceptors (Lipinski definition) is 5. The minimum atomic E-state index is -0.913. The Bertz CT molecular complexity index is 782. The lowest BCUT2D eigenvalue weighted by molar-refractivity contribution is -0.149. The van der Waals surface area contributed by atoms with Gasteiger partial charge in [-0.3, -0.25) is 4.79 Å². The van der Waals surface area contributed by atoms with Crippen LogP contribution in [-0.2, 0) is 14.3 Å². The normalized spacial score (nSPS) is 48.1. The van der Waals surface area contributed by atoms with Gasteiger partial charge in [0.2, 0.25) is 0 Å². The lowest BCUT2D eigenvalue weighted by Crippen LogP contribution is -2.58. The molecule has 0 spiro atoms. The van der Waals surface area contributed by atoms with E-state index in [4.69, 9.17) is 14.6 Å². The van der Waals surface area contributed by atoms with Crippen molar-refractivity contribution in [3.05, 3.63) is 23.3 Å². The van der Waals surface area contributed by atoms with Crippen LogP contribution < -0.4 is 0 Å². The zero-order chi connectivity index (χ0) is 22.1. The Kier molecular flexibility index (Phi) is 5.37. The molecule has 0 bridgehead atoms. The van der Waals surface area contributed by atoms with Crippen molar-refractivity contribution >= 4 is 5.78 Å². The number of hydrogen-bond donors (Lipinski definition) is 2. The van der Waals surface area contributed by atoms with Gasteiger partial charge in [-0.05, 0) is 76.7 Å². The first-order valence-corrected chi connectivity index (χ1v) is 11.6. The Balaban J connectivity index is 1.70. The number of rotatable bonds is 6. The summed E-state index contributed by atoms with van der Waals surface area (Å²) in [4.78, 5) is 14.0. The molecule has 2 heterocycles. The van der Waals surface area contributed by atoms with Gasteiger partial charge in [-0.15, -0.1) is 0 Å². The Labute approximate surface area is 180 Å². The number of allylic oxidation sites excluding steroid dienone is 1. The third kappa shape index (κ3) is 2.71. The molecule has 0 radical (unpaired) electrons. The summed E-state index contributed by atoms with van der Waals surface area (Å²) in [5, 5.41) is 19.7. The molecular weight excluding hydrogens is 380 g/mol. The number of aliphatic hydroxyl groups excluding tert-OH is 2. The molecule has 4 aliphatic rings. The standard InChI is InChI=1S/C25H38O5/c1-14(2)13-20-24-17(5)18-8-7-16(4)21(18)22(28)25(24,30-24)23(6,29-20)11-9-19(27)15(3)10-12-26/h10,13,16-21,26-27H,7-9,11-12H2,1-6H3/b15-10-/t16-,17-,18-,19?,20+,21-,23-,24-,25+/m0/s1. The molecule has 5 nitrogen and oxygen atoms in total. The summed E-state index contributed by atoms with van der Waals surface area (Å²) in [5.41, 5.74) is -0.366. The summed E-state index contributed by atoms with van der Waals surface area (Å²) in [6, 6.07) is 0. The second-order valence-electron chi connectivity index (χ2n) is 10.7. The van der Waals surface area contributed by atoms with Gasteiger partial charge in [-0.2, -0.15) is 0 Å². The second kappa shape index (κ2) is 7.26. The average molecular weight is 419 g/mol. The number of ether oxygens (including phenoxy) is 2. The van der Waals surface area contributed by atoms with Crippen LogP contribution in [0.1, 0.15) is 67.2 Å². The number of epoxide rings is 1. The number of carbonyl (C=O) groups excluding carboxylic acids is 1. The lowest BCUT2D eigenvalue weighted by Gasteiger charge is -2.39. The number of carbonyl (C=O) groups is 1. The highest BCUT2D eigenvalue weighted by molar-refractivity contribution is 5.98. The average Bonchev–Trinajstić information content (AvgIpc) is 3.22. The van der Waals surface area contributed by atoms with Crippen molar-refractivity contribution in [2.24, 2.45) is 23.7 Å². The van der Waals surface area contributed by atoms with Gasteiger partial charge in [0, 0.05) is 5.92 Å². The maximum atomic E-state index is 14.0. The van der Waals surface area contributed by atoms with Crippen molar-refractivity contribution in [2.45, 2.75) is 96.2 Å². The predicted octanol–water partition coefficient (Wildman–Crippen LogP) is 3.58. The molecule has 0 aromatic heterocycles. The zero-order valence-electron chi connectivity index (χ0n) is 19.3. The third-order valence-electron chi connectivity index (χ3n) is 8.70. The van der Waals surface area contributed by atoms with Crippen LogP contribution in [-0.4, -0.2) is 51.6 Å². The fourth-order valence-corrected chi connectivity index (χ4v) is 7.05. The molecule has 4 fully saturated rings. The maximum Gasteiger partial charge on any atom is 0.188 e. The molecule has 30 heavy (non-hydrogen) atoms. The summed E-state index contributed by atoms with van der Waals surface area (Å²) in [5.74, 6) is 1.29. The van der Waals surface area contributed by atoms with Gasteiger partial charge in [0.1, 0.15) is 17.3 Å². The van der Waals surface area contributed by atoms with Gasteiger partial charge in [0.15, 0.2) is 11.4 Å². The first-order valence-electron chi connectivity index (χ1n) is 11.6. The van der Waals surface area contributed by atoms with Crippen molar-refractivity contribution in [1.29, 1.82) is 0 Å². The maximum absolute atomic E-state index is 14.0. The minimum absolute atomic E-state index is 0.0462. The summed E-state index contributed by atoms with van der Waals surface area (Å²) < 4.78 is 13.3. The van der Waals surface area contributed by atoms with E-state index in [1.165, 1.54) is 0 Å². The van der Waals surface area contributed by atoms with Crippen molar-refractivity contribution < 1.29 is 24.5 Å². The smallest absolute Gasteiger partial charge is 0.188 e. The van der Waals surface area contributed by atoms with Gasteiger partial charge in [0.25, 0.3) is 0 Å². The molecule has 0 aromatic rings. The highest BCUT2D eigenvalue weighted by atomic mass is 16.7. The highest BCUT2D eigenvalue weighted by Gasteiger charge is 2.93. The molecule has 2 aliphatic carbocycles. The Hall–Kier alpha value is -1.01. The largest absolute Gasteiger partial charge is 0.392 e. The van der Waals surface area contributed by atoms with Crippen LogP contribution in [0.5, 0.6) is 0 Å². The number of aliphatic hydroxyl groups is 2. The summed E-state index contributed by atoms with van der Waals surface area (Å²) >= 11 is 0. The van der Waals surface area contributed by atoms with Gasteiger partial charge < -0.3 is 19.7 Å². The summed E-state index contributed by atoms with van der Waals surface area (Å²) in [7, 11) is 0. The molecule has 2 N–H and O–H groups in total. The quantitative estimate of drug-likeness (QED) is 0.509. The van der Waals surface area contributed by atoms with Crippen molar-refractivity contribution in [3.8, 4) is 0 Å². The van der Waals surface area contributed by atoms with Crippen LogP contribution >= 0.6 is 0 Å². The molecule has 9 atom stereocenters. The van der Waals surface area contributed by atoms with Crippen LogP contribution in [0.15, 0.2) is 23.3 Å². The van der Waals surface area contributed by atoms with E-state index >= 15 is 0 Å². The van der Waals surface area contributed by atoms with Gasteiger partial charge in [-0.25, -0.2) is 0 Å². The molecule has 2 saturated heterocycles. The number of Topliss-reactive ketones (excluding diaryl/α,β-unsaturated/α-hetero) is 1. The van der Waals surface area contributed by atoms with Gasteiger partial charge in [-0.1, -0.05) is 31.6 Å². The Morgan fingerprint density at radius 1 is 1.27 bits per heavy atom. The van der Waals surface area contributed by atoms with E-state index < -0.39 is 22.9 Å². The topological polar surface area (TPSA) is 79.3 Å². The van der Waals surface area contributed by atoms with Crippen LogP contribution in [0.25, 0.3) is 0 Å². The Morgan fingerprint density at radius 2 is 1.97 bits per heavy atom. The van der Waals surface area contributed by atoms with Crippen LogP contribution in [0, 0.1) is 23.7 Å². The van der Waals surface area contributed by atoms with Crippen molar-refractivity contribution in [2.75, 3.05) is 6.61 Å². The van der Waals surface area contributed by atoms with Crippen LogP contribution in [0.2, 0.25) is 0 Å². The number of fused-ring (bicyclic) bond motifs is 1. The van der Waals surface area contributed by atoms with E-state index in [2.05, 4.69) is 33.8 Å². The fourth-order valence-electron chi connectivity index (χ4n) is 7.05. The summed E-state index contributed by atoms with van der Waals surface area (Å²) in [6.07, 6.45) is 6.03. The Morgan fingerprint density at radius 3 is 2.60 bits per heavy atom. The SMILES string of the molecule is CC(C)=C[C@H]1O[C@@](C)(CCC(O)/C(C)=C\CO)[C@@]23O[C@@]12[C@@H](C)[C@@H]1CC[C@H](C)[C@@H]1C3=O. The minimum Gasteiger partial charge on any atom is -0.392 e. The van der Waals surface area contributed by atoms with E-state index in [0.29, 0.717) is 24.7 Å².